The van der Waals surface area contributed by atoms with Crippen molar-refractivity contribution in [1.29, 1.82) is 0 Å². The lowest BCUT2D eigenvalue weighted by molar-refractivity contribution is -0.148. The van der Waals surface area contributed by atoms with Crippen molar-refractivity contribution >= 4 is 5.91 Å². The Labute approximate surface area is 99.4 Å². The topological polar surface area (TPSA) is 46.3 Å². The van der Waals surface area contributed by atoms with E-state index in [0.717, 1.165) is 25.8 Å². The Morgan fingerprint density at radius 2 is 2.12 bits per heavy atom. The second-order valence-electron chi connectivity index (χ2n) is 5.70. The van der Waals surface area contributed by atoms with Crippen molar-refractivity contribution in [3.8, 4) is 0 Å². The zero-order chi connectivity index (χ0) is 12.3. The van der Waals surface area contributed by atoms with Crippen LogP contribution in [0.1, 0.15) is 40.0 Å². The number of nitrogens with two attached hydrogens (primary N) is 1. The number of hydrogen-bond donors (Lipinski definition) is 1. The van der Waals surface area contributed by atoms with Crippen molar-refractivity contribution in [3.63, 3.8) is 0 Å². The van der Waals surface area contributed by atoms with Crippen LogP contribution in [0.25, 0.3) is 0 Å². The zero-order valence-corrected chi connectivity index (χ0v) is 11.1. The summed E-state index contributed by atoms with van der Waals surface area (Å²) in [6.45, 7) is 7.89. The molecular weight excluding hydrogens is 200 g/mol. The van der Waals surface area contributed by atoms with Gasteiger partial charge in [-0.2, -0.15) is 0 Å². The number of carbonyl (C=O) groups is 1. The zero-order valence-electron chi connectivity index (χ0n) is 11.1. The van der Waals surface area contributed by atoms with Crippen molar-refractivity contribution in [3.05, 3.63) is 0 Å². The van der Waals surface area contributed by atoms with Gasteiger partial charge in [-0.15, -0.1) is 0 Å². The van der Waals surface area contributed by atoms with Gasteiger partial charge in [0.1, 0.15) is 0 Å². The van der Waals surface area contributed by atoms with Crippen molar-refractivity contribution in [2.75, 3.05) is 20.1 Å². The van der Waals surface area contributed by atoms with Crippen LogP contribution < -0.4 is 5.73 Å². The van der Waals surface area contributed by atoms with Crippen LogP contribution >= 0.6 is 0 Å². The standard InChI is InChI=1S/C13H26N2O/c1-5-10(2)8-15(4)12(16)13(9-14)6-11(3)7-13/h10-11H,5-9,14H2,1-4H3. The molecule has 0 aromatic carbocycles. The van der Waals surface area contributed by atoms with E-state index in [1.807, 2.05) is 11.9 Å². The van der Waals surface area contributed by atoms with Crippen LogP contribution in [0.4, 0.5) is 0 Å². The number of amides is 1. The molecule has 1 aliphatic carbocycles. The van der Waals surface area contributed by atoms with Crippen LogP contribution in [0.3, 0.4) is 0 Å². The van der Waals surface area contributed by atoms with Crippen LogP contribution in [0, 0.1) is 17.3 Å². The first kappa shape index (κ1) is 13.5. The summed E-state index contributed by atoms with van der Waals surface area (Å²) in [5.41, 5.74) is 5.55. The lowest BCUT2D eigenvalue weighted by atomic mass is 9.62. The molecule has 0 aromatic heterocycles. The lowest BCUT2D eigenvalue weighted by Gasteiger charge is -2.46. The second kappa shape index (κ2) is 5.17. The van der Waals surface area contributed by atoms with Gasteiger partial charge in [0, 0.05) is 20.1 Å². The Hall–Kier alpha value is -0.570. The molecule has 0 heterocycles. The maximum absolute atomic E-state index is 12.3. The smallest absolute Gasteiger partial charge is 0.229 e. The van der Waals surface area contributed by atoms with E-state index in [1.165, 1.54) is 0 Å². The van der Waals surface area contributed by atoms with Gasteiger partial charge in [-0.1, -0.05) is 27.2 Å². The van der Waals surface area contributed by atoms with Crippen LogP contribution in [-0.4, -0.2) is 30.9 Å². The molecule has 94 valence electrons. The molecule has 1 amide bonds. The molecule has 0 radical (unpaired) electrons. The molecule has 1 fully saturated rings. The Kier molecular flexibility index (Phi) is 4.36. The van der Waals surface area contributed by atoms with E-state index in [-0.39, 0.29) is 11.3 Å². The molecule has 3 heteroatoms. The first-order valence-corrected chi connectivity index (χ1v) is 6.40. The SMILES string of the molecule is CCC(C)CN(C)C(=O)C1(CN)CC(C)C1. The molecule has 1 aliphatic rings. The first-order valence-electron chi connectivity index (χ1n) is 6.40. The van der Waals surface area contributed by atoms with E-state index < -0.39 is 0 Å². The normalized spacial score (nSPS) is 30.7. The molecule has 0 aliphatic heterocycles. The summed E-state index contributed by atoms with van der Waals surface area (Å²) in [5.74, 6) is 1.49. The van der Waals surface area contributed by atoms with Crippen molar-refractivity contribution in [2.24, 2.45) is 23.0 Å². The average molecular weight is 226 g/mol. The number of carbonyl (C=O) groups excluding carboxylic acids is 1. The van der Waals surface area contributed by atoms with Crippen molar-refractivity contribution < 1.29 is 4.79 Å². The van der Waals surface area contributed by atoms with E-state index in [4.69, 9.17) is 5.73 Å². The third kappa shape index (κ3) is 2.57. The summed E-state index contributed by atoms with van der Waals surface area (Å²) >= 11 is 0. The lowest BCUT2D eigenvalue weighted by Crippen LogP contribution is -2.54. The predicted molar refractivity (Wildman–Crippen MR) is 67.0 cm³/mol. The largest absolute Gasteiger partial charge is 0.345 e. The molecule has 16 heavy (non-hydrogen) atoms. The summed E-state index contributed by atoms with van der Waals surface area (Å²) in [6.07, 6.45) is 3.05. The quantitative estimate of drug-likeness (QED) is 0.778. The molecule has 3 nitrogen and oxygen atoms in total. The fourth-order valence-corrected chi connectivity index (χ4v) is 2.79. The van der Waals surface area contributed by atoms with Crippen LogP contribution in [0.5, 0.6) is 0 Å². The van der Waals surface area contributed by atoms with Gasteiger partial charge < -0.3 is 10.6 Å². The molecule has 0 spiro atoms. The highest BCUT2D eigenvalue weighted by atomic mass is 16.2. The molecule has 2 N–H and O–H groups in total. The van der Waals surface area contributed by atoms with Gasteiger partial charge in [0.2, 0.25) is 5.91 Å². The van der Waals surface area contributed by atoms with Gasteiger partial charge in [0.05, 0.1) is 5.41 Å². The molecule has 0 aromatic rings. The van der Waals surface area contributed by atoms with E-state index in [9.17, 15) is 4.79 Å². The van der Waals surface area contributed by atoms with E-state index >= 15 is 0 Å². The number of hydrogen-bond acceptors (Lipinski definition) is 2. The Balaban J connectivity index is 2.55. The summed E-state index contributed by atoms with van der Waals surface area (Å²) in [5, 5.41) is 0. The van der Waals surface area contributed by atoms with E-state index in [0.29, 0.717) is 18.4 Å². The number of rotatable bonds is 5. The van der Waals surface area contributed by atoms with Crippen LogP contribution in [-0.2, 0) is 4.79 Å². The fraction of sp³-hybridized carbons (Fsp3) is 0.923. The Bertz CT molecular complexity index is 246. The van der Waals surface area contributed by atoms with Gasteiger partial charge in [0.15, 0.2) is 0 Å². The van der Waals surface area contributed by atoms with Gasteiger partial charge in [-0.05, 0) is 24.7 Å². The highest BCUT2D eigenvalue weighted by Crippen LogP contribution is 2.45. The summed E-state index contributed by atoms with van der Waals surface area (Å²) in [7, 11) is 1.91. The minimum absolute atomic E-state index is 0.234. The van der Waals surface area contributed by atoms with Crippen LogP contribution in [0.2, 0.25) is 0 Å². The van der Waals surface area contributed by atoms with Gasteiger partial charge in [-0.25, -0.2) is 0 Å². The Morgan fingerprint density at radius 1 is 1.56 bits per heavy atom. The first-order chi connectivity index (χ1) is 7.45. The second-order valence-corrected chi connectivity index (χ2v) is 5.70. The molecular formula is C13H26N2O. The van der Waals surface area contributed by atoms with E-state index in [2.05, 4.69) is 20.8 Å². The number of nitrogens with zero attached hydrogens (tertiary/aromatic N) is 1. The molecule has 0 saturated heterocycles. The van der Waals surface area contributed by atoms with Crippen LogP contribution in [0.15, 0.2) is 0 Å². The van der Waals surface area contributed by atoms with Gasteiger partial charge in [-0.3, -0.25) is 4.79 Å². The fourth-order valence-electron chi connectivity index (χ4n) is 2.79. The minimum atomic E-state index is -0.234. The minimum Gasteiger partial charge on any atom is -0.345 e. The molecule has 0 bridgehead atoms. The third-order valence-corrected chi connectivity index (χ3v) is 3.95. The average Bonchev–Trinajstić information content (AvgIpc) is 2.23. The maximum atomic E-state index is 12.3. The van der Waals surface area contributed by atoms with Gasteiger partial charge in [0.25, 0.3) is 0 Å². The summed E-state index contributed by atoms with van der Waals surface area (Å²) in [4.78, 5) is 14.2. The highest BCUT2D eigenvalue weighted by Gasteiger charge is 2.48. The molecule has 1 atom stereocenters. The highest BCUT2D eigenvalue weighted by molar-refractivity contribution is 5.83. The monoisotopic (exact) mass is 226 g/mol. The van der Waals surface area contributed by atoms with Crippen molar-refractivity contribution in [2.45, 2.75) is 40.0 Å². The summed E-state index contributed by atoms with van der Waals surface area (Å²) in [6, 6.07) is 0. The third-order valence-electron chi connectivity index (χ3n) is 3.95. The predicted octanol–water partition coefficient (Wildman–Crippen LogP) is 1.87. The maximum Gasteiger partial charge on any atom is 0.229 e. The molecule has 1 unspecified atom stereocenters. The summed E-state index contributed by atoms with van der Waals surface area (Å²) < 4.78 is 0. The van der Waals surface area contributed by atoms with Gasteiger partial charge >= 0.3 is 0 Å². The Morgan fingerprint density at radius 3 is 2.50 bits per heavy atom. The van der Waals surface area contributed by atoms with Crippen molar-refractivity contribution in [1.82, 2.24) is 4.90 Å². The molecule has 1 saturated carbocycles. The molecule has 1 rings (SSSR count). The van der Waals surface area contributed by atoms with E-state index in [1.54, 1.807) is 0 Å².